The monoisotopic (exact) mass is 510 g/mol. The number of aliphatic hydroxyl groups excluding tert-OH is 1. The molecule has 0 spiro atoms. The van der Waals surface area contributed by atoms with Crippen LogP contribution in [0.25, 0.3) is 0 Å². The molecule has 0 aliphatic carbocycles. The third kappa shape index (κ3) is 4.47. The largest absolute Gasteiger partial charge is 0.440 e. The van der Waals surface area contributed by atoms with Gasteiger partial charge < -0.3 is 19.7 Å². The Morgan fingerprint density at radius 1 is 1.12 bits per heavy atom. The summed E-state index contributed by atoms with van der Waals surface area (Å²) in [7, 11) is 3.02. The Bertz CT molecular complexity index is 1090. The number of nitrogens with zero attached hydrogens (tertiary/aromatic N) is 5. The first-order chi connectivity index (χ1) is 15.7. The Kier molecular flexibility index (Phi) is 6.69. The quantitative estimate of drug-likeness (QED) is 0.422. The van der Waals surface area contributed by atoms with Crippen molar-refractivity contribution in [2.75, 3.05) is 31.4 Å². The van der Waals surface area contributed by atoms with E-state index >= 15 is 0 Å². The fourth-order valence-electron chi connectivity index (χ4n) is 3.55. The van der Waals surface area contributed by atoms with E-state index < -0.39 is 29.1 Å². The molecule has 0 fully saturated rings. The Hall–Kier alpha value is -1.83. The first-order valence-corrected chi connectivity index (χ1v) is 13.2. The number of carbonyl (C=O) groups excluding carboxylic acids is 1. The summed E-state index contributed by atoms with van der Waals surface area (Å²) in [6.45, 7) is 5.68. The van der Waals surface area contributed by atoms with Crippen molar-refractivity contribution < 1.29 is 19.2 Å². The molecule has 33 heavy (non-hydrogen) atoms. The van der Waals surface area contributed by atoms with Gasteiger partial charge in [-0.15, -0.1) is 35.3 Å². The number of hydrogen-bond donors (Lipinski definition) is 2. The maximum Gasteiger partial charge on any atom is 0.273 e. The van der Waals surface area contributed by atoms with Crippen molar-refractivity contribution in [1.82, 2.24) is 10.3 Å². The molecular formula is C20H26N6O4S3. The van der Waals surface area contributed by atoms with Crippen LogP contribution in [0.5, 0.6) is 0 Å². The summed E-state index contributed by atoms with van der Waals surface area (Å²) in [6, 6.07) is 0. The Labute approximate surface area is 204 Å². The number of hydrogen-bond acceptors (Lipinski definition) is 12. The van der Waals surface area contributed by atoms with Crippen LogP contribution in [0, 0.1) is 0 Å². The summed E-state index contributed by atoms with van der Waals surface area (Å²) in [4.78, 5) is 36.1. The van der Waals surface area contributed by atoms with Crippen molar-refractivity contribution in [3.63, 3.8) is 0 Å². The lowest BCUT2D eigenvalue weighted by molar-refractivity contribution is 0.0953. The van der Waals surface area contributed by atoms with Gasteiger partial charge in [-0.05, 0) is 20.8 Å². The minimum atomic E-state index is -0.753. The van der Waals surface area contributed by atoms with Gasteiger partial charge >= 0.3 is 0 Å². The number of oxazole rings is 1. The number of amides is 1. The molecule has 1 aromatic heterocycles. The number of nitrogens with one attached hydrogen (secondary N) is 1. The standard InChI is InChI=1S/C20H26N6O4S3/c1-18(15-23-13(14(28)21-4)11(7-27)30-15)8-32-17(25-18)20(3)10-33-16(26-20)19(2)9-31-12(24-19)6-22-29-5/h6,27H,7-10H2,1-5H3,(H,21,28)/b22-6+/t18-,19-,20-/m0/s1. The fourth-order valence-corrected chi connectivity index (χ4v) is 7.36. The topological polar surface area (TPSA) is 134 Å². The summed E-state index contributed by atoms with van der Waals surface area (Å²) in [5.74, 6) is 2.21. The Balaban J connectivity index is 1.60. The van der Waals surface area contributed by atoms with E-state index in [2.05, 4.69) is 29.3 Å². The highest BCUT2D eigenvalue weighted by atomic mass is 32.2. The van der Waals surface area contributed by atoms with E-state index in [4.69, 9.17) is 24.2 Å². The minimum absolute atomic E-state index is 0.0881. The number of aliphatic imine (C=N–C) groups is 3. The summed E-state index contributed by atoms with van der Waals surface area (Å²) in [5.41, 5.74) is -1.55. The van der Waals surface area contributed by atoms with Crippen molar-refractivity contribution in [3.05, 3.63) is 17.3 Å². The normalized spacial score (nSPS) is 31.6. The first-order valence-electron chi connectivity index (χ1n) is 10.2. The van der Waals surface area contributed by atoms with E-state index in [-0.39, 0.29) is 11.5 Å². The zero-order valence-electron chi connectivity index (χ0n) is 19.0. The van der Waals surface area contributed by atoms with Gasteiger partial charge in [0.2, 0.25) is 5.89 Å². The SMILES string of the molecule is CNC(=O)c1nc([C@]2(C)CSC([C@]3(C)CSC([C@]4(C)CSC(/C=N/OC)=N4)=N3)=N2)oc1CO. The molecule has 4 rings (SSSR count). The smallest absolute Gasteiger partial charge is 0.273 e. The van der Waals surface area contributed by atoms with Crippen LogP contribution in [0.2, 0.25) is 0 Å². The fraction of sp³-hybridized carbons (Fsp3) is 0.600. The molecule has 178 valence electrons. The van der Waals surface area contributed by atoms with Gasteiger partial charge in [-0.1, -0.05) is 5.16 Å². The predicted molar refractivity (Wildman–Crippen MR) is 135 cm³/mol. The summed E-state index contributed by atoms with van der Waals surface area (Å²) in [5, 5.41) is 18.6. The van der Waals surface area contributed by atoms with E-state index in [9.17, 15) is 9.90 Å². The third-order valence-electron chi connectivity index (χ3n) is 5.47. The van der Waals surface area contributed by atoms with E-state index in [1.807, 2.05) is 6.92 Å². The van der Waals surface area contributed by atoms with Crippen molar-refractivity contribution >= 4 is 62.5 Å². The molecule has 3 aliphatic heterocycles. The van der Waals surface area contributed by atoms with Crippen LogP contribution in [0.4, 0.5) is 0 Å². The van der Waals surface area contributed by atoms with Gasteiger partial charge in [0.05, 0.1) is 16.3 Å². The van der Waals surface area contributed by atoms with E-state index in [1.54, 1.807) is 41.5 Å². The minimum Gasteiger partial charge on any atom is -0.440 e. The molecule has 0 radical (unpaired) electrons. The van der Waals surface area contributed by atoms with Crippen molar-refractivity contribution in [3.8, 4) is 0 Å². The Morgan fingerprint density at radius 3 is 2.36 bits per heavy atom. The van der Waals surface area contributed by atoms with Crippen LogP contribution >= 0.6 is 35.3 Å². The summed E-state index contributed by atoms with van der Waals surface area (Å²) in [6.07, 6.45) is 1.63. The third-order valence-corrected chi connectivity index (χ3v) is 9.69. The van der Waals surface area contributed by atoms with Crippen LogP contribution in [-0.2, 0) is 17.0 Å². The van der Waals surface area contributed by atoms with Gasteiger partial charge in [-0.2, -0.15) is 0 Å². The summed E-state index contributed by atoms with van der Waals surface area (Å²) < 4.78 is 5.75. The Morgan fingerprint density at radius 2 is 1.73 bits per heavy atom. The number of aliphatic hydroxyl groups is 1. The predicted octanol–water partition coefficient (Wildman–Crippen LogP) is 2.33. The van der Waals surface area contributed by atoms with Crippen LogP contribution in [0.3, 0.4) is 0 Å². The molecule has 3 aliphatic rings. The van der Waals surface area contributed by atoms with Gasteiger partial charge in [-0.25, -0.2) is 4.98 Å². The van der Waals surface area contributed by atoms with Gasteiger partial charge in [0.25, 0.3) is 5.91 Å². The average molecular weight is 511 g/mol. The van der Waals surface area contributed by atoms with Crippen LogP contribution in [0.1, 0.15) is 42.9 Å². The number of aromatic nitrogens is 1. The van der Waals surface area contributed by atoms with Crippen LogP contribution in [-0.4, -0.2) is 79.8 Å². The number of oxime groups is 1. The van der Waals surface area contributed by atoms with E-state index in [0.29, 0.717) is 11.6 Å². The van der Waals surface area contributed by atoms with Gasteiger partial charge in [0, 0.05) is 24.3 Å². The van der Waals surface area contributed by atoms with Gasteiger partial charge in [0.15, 0.2) is 11.5 Å². The van der Waals surface area contributed by atoms with Crippen molar-refractivity contribution in [1.29, 1.82) is 0 Å². The lowest BCUT2D eigenvalue weighted by Crippen LogP contribution is -2.33. The van der Waals surface area contributed by atoms with Crippen molar-refractivity contribution in [2.24, 2.45) is 20.1 Å². The van der Waals surface area contributed by atoms with E-state index in [0.717, 1.165) is 26.6 Å². The molecule has 1 amide bonds. The highest BCUT2D eigenvalue weighted by Gasteiger charge is 2.48. The molecule has 3 atom stereocenters. The maximum atomic E-state index is 12.1. The molecule has 0 saturated carbocycles. The van der Waals surface area contributed by atoms with Crippen LogP contribution < -0.4 is 5.32 Å². The number of carbonyl (C=O) groups is 1. The lowest BCUT2D eigenvalue weighted by Gasteiger charge is -2.20. The molecule has 4 heterocycles. The number of rotatable bonds is 7. The summed E-state index contributed by atoms with van der Waals surface area (Å²) >= 11 is 4.96. The molecule has 0 unspecified atom stereocenters. The molecular weight excluding hydrogens is 484 g/mol. The molecule has 0 bridgehead atoms. The molecule has 0 aromatic carbocycles. The van der Waals surface area contributed by atoms with Gasteiger partial charge in [-0.3, -0.25) is 19.8 Å². The second-order valence-corrected chi connectivity index (χ2v) is 11.3. The molecule has 1 aromatic rings. The van der Waals surface area contributed by atoms with Crippen molar-refractivity contribution in [2.45, 2.75) is 44.0 Å². The molecule has 0 saturated heterocycles. The average Bonchev–Trinajstić information content (AvgIpc) is 3.57. The second kappa shape index (κ2) is 9.08. The zero-order chi connectivity index (χ0) is 23.9. The highest BCUT2D eigenvalue weighted by molar-refractivity contribution is 8.17. The molecule has 10 nitrogen and oxygen atoms in total. The lowest BCUT2D eigenvalue weighted by atomic mass is 10.0. The highest BCUT2D eigenvalue weighted by Crippen LogP contribution is 2.45. The molecule has 2 N–H and O–H groups in total. The van der Waals surface area contributed by atoms with Gasteiger partial charge in [0.1, 0.15) is 35.4 Å². The number of thioether (sulfide) groups is 3. The zero-order valence-corrected chi connectivity index (χ0v) is 21.5. The van der Waals surface area contributed by atoms with E-state index in [1.165, 1.54) is 14.2 Å². The first kappa shape index (κ1) is 24.3. The maximum absolute atomic E-state index is 12.1. The van der Waals surface area contributed by atoms with Crippen LogP contribution in [0.15, 0.2) is 24.6 Å². The second-order valence-electron chi connectivity index (χ2n) is 8.42. The molecule has 13 heteroatoms.